The van der Waals surface area contributed by atoms with Crippen LogP contribution in [0.4, 0.5) is 4.39 Å². The fourth-order valence-electron chi connectivity index (χ4n) is 5.80. The molecule has 6 nitrogen and oxygen atoms in total. The van der Waals surface area contributed by atoms with E-state index >= 15 is 0 Å². The first-order chi connectivity index (χ1) is 16.7. The number of aryl methyl sites for hydroxylation is 1. The molecule has 1 N–H and O–H groups in total. The number of amides is 2. The number of piperidine rings is 1. The molecule has 2 saturated heterocycles. The van der Waals surface area contributed by atoms with Crippen molar-refractivity contribution in [3.8, 4) is 11.3 Å². The van der Waals surface area contributed by atoms with Crippen molar-refractivity contribution >= 4 is 22.7 Å². The molecule has 184 valence electrons. The van der Waals surface area contributed by atoms with Gasteiger partial charge in [0.15, 0.2) is 0 Å². The molecule has 0 radical (unpaired) electrons. The highest BCUT2D eigenvalue weighted by molar-refractivity contribution is 5.92. The molecule has 1 aromatic carbocycles. The van der Waals surface area contributed by atoms with E-state index in [1.54, 1.807) is 11.9 Å². The molecule has 5 rings (SSSR count). The van der Waals surface area contributed by atoms with Crippen LogP contribution in [0.25, 0.3) is 22.2 Å². The monoisotopic (exact) mass is 476 g/mol. The number of hydrogen-bond donors (Lipinski definition) is 1. The van der Waals surface area contributed by atoms with Crippen LogP contribution in [0, 0.1) is 18.8 Å². The molecular weight excluding hydrogens is 443 g/mol. The van der Waals surface area contributed by atoms with Crippen LogP contribution in [-0.2, 0) is 9.59 Å². The first kappa shape index (κ1) is 23.5. The highest BCUT2D eigenvalue weighted by atomic mass is 19.1. The predicted octanol–water partition coefficient (Wildman–Crippen LogP) is 4.99. The van der Waals surface area contributed by atoms with E-state index in [1.165, 1.54) is 22.6 Å². The molecule has 0 saturated carbocycles. The van der Waals surface area contributed by atoms with Crippen LogP contribution in [0.3, 0.4) is 0 Å². The lowest BCUT2D eigenvalue weighted by atomic mass is 9.87. The van der Waals surface area contributed by atoms with Gasteiger partial charge >= 0.3 is 0 Å². The average Bonchev–Trinajstić information content (AvgIpc) is 3.37. The van der Waals surface area contributed by atoms with Gasteiger partial charge in [-0.05, 0) is 60.9 Å². The number of nitrogens with zero attached hydrogens (tertiary/aromatic N) is 3. The van der Waals surface area contributed by atoms with Crippen molar-refractivity contribution in [2.45, 2.75) is 51.9 Å². The molecule has 3 aromatic rings. The second kappa shape index (κ2) is 9.10. The van der Waals surface area contributed by atoms with E-state index < -0.39 is 5.95 Å². The number of halogens is 1. The van der Waals surface area contributed by atoms with Gasteiger partial charge in [-0.2, -0.15) is 4.39 Å². The molecule has 2 amide bonds. The summed E-state index contributed by atoms with van der Waals surface area (Å²) in [6.45, 7) is 8.12. The number of aromatic nitrogens is 2. The summed E-state index contributed by atoms with van der Waals surface area (Å²) < 4.78 is 14.1. The number of nitrogens with one attached hydrogen (secondary N) is 1. The number of benzene rings is 1. The highest BCUT2D eigenvalue weighted by Gasteiger charge is 2.36. The molecule has 1 unspecified atom stereocenters. The Morgan fingerprint density at radius 2 is 1.91 bits per heavy atom. The van der Waals surface area contributed by atoms with E-state index in [0.29, 0.717) is 24.6 Å². The van der Waals surface area contributed by atoms with Crippen LogP contribution < -0.4 is 0 Å². The number of fused-ring (bicyclic) bond motifs is 1. The Hall–Kier alpha value is -3.22. The van der Waals surface area contributed by atoms with Crippen molar-refractivity contribution in [1.82, 2.24) is 19.8 Å². The second-order valence-corrected chi connectivity index (χ2v) is 10.5. The molecule has 1 atom stereocenters. The van der Waals surface area contributed by atoms with Crippen LogP contribution >= 0.6 is 0 Å². The topological polar surface area (TPSA) is 69.3 Å². The van der Waals surface area contributed by atoms with Crippen molar-refractivity contribution in [2.24, 2.45) is 5.92 Å². The van der Waals surface area contributed by atoms with Crippen molar-refractivity contribution < 1.29 is 14.0 Å². The standard InChI is InChI=1S/C28H33FN4O2/c1-16(2)26-22-12-19(5-6-23(22)31-27(26)20-11-17(3)30-24(29)13-20)18-7-9-33(10-8-18)28(35)21-14-25(34)32(4)15-21/h5-6,11-13,16,18,21,31H,7-10,14-15H2,1-4H3. The van der Waals surface area contributed by atoms with Crippen LogP contribution in [0.2, 0.25) is 0 Å². The Morgan fingerprint density at radius 1 is 1.17 bits per heavy atom. The number of carbonyl (C=O) groups excluding carboxylic acids is 2. The predicted molar refractivity (Wildman–Crippen MR) is 135 cm³/mol. The van der Waals surface area contributed by atoms with E-state index in [2.05, 4.69) is 42.0 Å². The zero-order chi connectivity index (χ0) is 24.9. The Balaban J connectivity index is 1.38. The van der Waals surface area contributed by atoms with Crippen LogP contribution in [0.1, 0.15) is 61.8 Å². The lowest BCUT2D eigenvalue weighted by molar-refractivity contribution is -0.136. The first-order valence-electron chi connectivity index (χ1n) is 12.5. The summed E-state index contributed by atoms with van der Waals surface area (Å²) >= 11 is 0. The molecule has 0 spiro atoms. The van der Waals surface area contributed by atoms with Gasteiger partial charge in [-0.1, -0.05) is 19.9 Å². The number of H-pyrrole nitrogens is 1. The Kier molecular flexibility index (Phi) is 6.11. The number of hydrogen-bond acceptors (Lipinski definition) is 3. The van der Waals surface area contributed by atoms with Crippen LogP contribution in [0.15, 0.2) is 30.3 Å². The van der Waals surface area contributed by atoms with Crippen LogP contribution in [0.5, 0.6) is 0 Å². The highest BCUT2D eigenvalue weighted by Crippen LogP contribution is 2.38. The van der Waals surface area contributed by atoms with E-state index in [-0.39, 0.29) is 23.7 Å². The van der Waals surface area contributed by atoms with E-state index in [4.69, 9.17) is 0 Å². The molecule has 0 bridgehead atoms. The lowest BCUT2D eigenvalue weighted by Gasteiger charge is -2.33. The molecule has 2 fully saturated rings. The molecule has 2 aromatic heterocycles. The van der Waals surface area contributed by atoms with E-state index in [1.807, 2.05) is 17.9 Å². The fourth-order valence-corrected chi connectivity index (χ4v) is 5.80. The minimum atomic E-state index is -0.469. The Labute approximate surface area is 205 Å². The maximum atomic E-state index is 14.1. The smallest absolute Gasteiger partial charge is 0.227 e. The summed E-state index contributed by atoms with van der Waals surface area (Å²) in [5.74, 6) is 0.155. The van der Waals surface area contributed by atoms with Gasteiger partial charge in [0, 0.05) is 61.3 Å². The number of carbonyl (C=O) groups is 2. The molecule has 4 heterocycles. The zero-order valence-electron chi connectivity index (χ0n) is 20.9. The summed E-state index contributed by atoms with van der Waals surface area (Å²) in [5, 5.41) is 1.17. The van der Waals surface area contributed by atoms with Gasteiger partial charge < -0.3 is 14.8 Å². The van der Waals surface area contributed by atoms with Crippen molar-refractivity contribution in [3.05, 3.63) is 53.1 Å². The van der Waals surface area contributed by atoms with Gasteiger partial charge in [0.2, 0.25) is 17.8 Å². The van der Waals surface area contributed by atoms with E-state index in [0.717, 1.165) is 42.7 Å². The molecule has 2 aliphatic rings. The lowest BCUT2D eigenvalue weighted by Crippen LogP contribution is -2.42. The number of pyridine rings is 1. The molecule has 0 aliphatic carbocycles. The van der Waals surface area contributed by atoms with Crippen LogP contribution in [-0.4, -0.2) is 58.3 Å². The number of rotatable bonds is 4. The third-order valence-corrected chi connectivity index (χ3v) is 7.62. The largest absolute Gasteiger partial charge is 0.354 e. The van der Waals surface area contributed by atoms with Gasteiger partial charge in [-0.15, -0.1) is 0 Å². The molecule has 35 heavy (non-hydrogen) atoms. The zero-order valence-corrected chi connectivity index (χ0v) is 20.9. The first-order valence-corrected chi connectivity index (χ1v) is 12.5. The molecular formula is C28H33FN4O2. The maximum Gasteiger partial charge on any atom is 0.227 e. The van der Waals surface area contributed by atoms with Crippen molar-refractivity contribution in [3.63, 3.8) is 0 Å². The summed E-state index contributed by atoms with van der Waals surface area (Å²) in [5.41, 5.74) is 5.95. The third-order valence-electron chi connectivity index (χ3n) is 7.62. The summed E-state index contributed by atoms with van der Waals surface area (Å²) in [6, 6.07) is 10.00. The molecule has 7 heteroatoms. The van der Waals surface area contributed by atoms with Gasteiger partial charge in [0.25, 0.3) is 0 Å². The quantitative estimate of drug-likeness (QED) is 0.540. The summed E-state index contributed by atoms with van der Waals surface area (Å²) in [7, 11) is 1.77. The van der Waals surface area contributed by atoms with Gasteiger partial charge in [0.05, 0.1) is 11.6 Å². The van der Waals surface area contributed by atoms with E-state index in [9.17, 15) is 14.0 Å². The minimum absolute atomic E-state index is 0.0584. The van der Waals surface area contributed by atoms with Gasteiger partial charge in [-0.25, -0.2) is 4.98 Å². The minimum Gasteiger partial charge on any atom is -0.354 e. The fraction of sp³-hybridized carbons (Fsp3) is 0.464. The number of likely N-dealkylation sites (tertiary alicyclic amines) is 2. The number of aromatic amines is 1. The van der Waals surface area contributed by atoms with Gasteiger partial charge in [-0.3, -0.25) is 9.59 Å². The normalized spacial score (nSPS) is 19.4. The average molecular weight is 477 g/mol. The van der Waals surface area contributed by atoms with Gasteiger partial charge in [0.1, 0.15) is 0 Å². The Bertz CT molecular complexity index is 1270. The second-order valence-electron chi connectivity index (χ2n) is 10.5. The molecule has 2 aliphatic heterocycles. The van der Waals surface area contributed by atoms with Crippen molar-refractivity contribution in [1.29, 1.82) is 0 Å². The summed E-state index contributed by atoms with van der Waals surface area (Å²) in [6.07, 6.45) is 2.16. The SMILES string of the molecule is Cc1cc(-c2[nH]c3ccc(C4CCN(C(=O)C5CC(=O)N(C)C5)CC4)cc3c2C(C)C)cc(F)n1. The van der Waals surface area contributed by atoms with Crippen molar-refractivity contribution in [2.75, 3.05) is 26.7 Å². The maximum absolute atomic E-state index is 14.1. The summed E-state index contributed by atoms with van der Waals surface area (Å²) in [4.78, 5) is 35.8. The Morgan fingerprint density at radius 3 is 2.54 bits per heavy atom. The third kappa shape index (κ3) is 4.44.